The van der Waals surface area contributed by atoms with E-state index in [0.29, 0.717) is 11.4 Å². The predicted molar refractivity (Wildman–Crippen MR) is 76.1 cm³/mol. The fourth-order valence-corrected chi connectivity index (χ4v) is 1.84. The molecule has 0 fully saturated rings. The molecule has 1 aromatic heterocycles. The van der Waals surface area contributed by atoms with E-state index in [1.54, 1.807) is 23.9 Å². The van der Waals surface area contributed by atoms with Gasteiger partial charge in [0.25, 0.3) is 5.91 Å². The highest BCUT2D eigenvalue weighted by atomic mass is 19.1. The van der Waals surface area contributed by atoms with Crippen LogP contribution in [0.25, 0.3) is 0 Å². The number of halogens is 1. The van der Waals surface area contributed by atoms with Crippen LogP contribution < -0.4 is 11.1 Å². The minimum absolute atomic E-state index is 0.111. The second-order valence-electron chi connectivity index (χ2n) is 4.88. The summed E-state index contributed by atoms with van der Waals surface area (Å²) >= 11 is 0. The van der Waals surface area contributed by atoms with Gasteiger partial charge in [0.2, 0.25) is 0 Å². The van der Waals surface area contributed by atoms with Crippen molar-refractivity contribution in [1.29, 1.82) is 0 Å². The molecule has 3 N–H and O–H groups in total. The Kier molecular flexibility index (Phi) is 3.74. The molecule has 2 rings (SSSR count). The van der Waals surface area contributed by atoms with E-state index in [1.807, 2.05) is 13.8 Å². The van der Waals surface area contributed by atoms with Crippen molar-refractivity contribution in [2.75, 3.05) is 11.1 Å². The van der Waals surface area contributed by atoms with Gasteiger partial charge in [0, 0.05) is 28.9 Å². The van der Waals surface area contributed by atoms with Crippen LogP contribution in [0, 0.1) is 12.7 Å². The molecule has 1 amide bonds. The minimum atomic E-state index is -0.493. The topological polar surface area (TPSA) is 72.9 Å². The van der Waals surface area contributed by atoms with Gasteiger partial charge in [-0.05, 0) is 32.9 Å². The number of rotatable bonds is 3. The van der Waals surface area contributed by atoms with Gasteiger partial charge in [-0.25, -0.2) is 9.07 Å². The van der Waals surface area contributed by atoms with Crippen molar-refractivity contribution in [3.05, 3.63) is 41.3 Å². The molecule has 6 heteroatoms. The molecule has 5 nitrogen and oxygen atoms in total. The molecule has 0 unspecified atom stereocenters. The molecule has 0 aliphatic carbocycles. The molecule has 0 radical (unpaired) electrons. The Bertz CT molecular complexity index is 625. The predicted octanol–water partition coefficient (Wildman–Crippen LogP) is 2.75. The van der Waals surface area contributed by atoms with Crippen LogP contribution in [-0.2, 0) is 0 Å². The van der Waals surface area contributed by atoms with Gasteiger partial charge in [-0.2, -0.15) is 5.10 Å². The fourth-order valence-electron chi connectivity index (χ4n) is 1.84. The zero-order valence-corrected chi connectivity index (χ0v) is 11.6. The Morgan fingerprint density at radius 2 is 2.15 bits per heavy atom. The molecule has 106 valence electrons. The number of amides is 1. The quantitative estimate of drug-likeness (QED) is 0.847. The highest BCUT2D eigenvalue weighted by molar-refractivity contribution is 6.04. The van der Waals surface area contributed by atoms with E-state index in [1.165, 1.54) is 12.1 Å². The summed E-state index contributed by atoms with van der Waals surface area (Å²) in [6.07, 6.45) is 1.60. The van der Waals surface area contributed by atoms with Gasteiger partial charge < -0.3 is 11.1 Å². The number of nitrogens with two attached hydrogens (primary N) is 1. The van der Waals surface area contributed by atoms with Crippen LogP contribution in [0.5, 0.6) is 0 Å². The maximum Gasteiger partial charge on any atom is 0.256 e. The lowest BCUT2D eigenvalue weighted by Gasteiger charge is -2.12. The van der Waals surface area contributed by atoms with E-state index in [2.05, 4.69) is 10.4 Å². The number of hydrogen-bond acceptors (Lipinski definition) is 3. The fraction of sp³-hybridized carbons (Fsp3) is 0.286. The Hall–Kier alpha value is -2.37. The molecule has 1 aromatic carbocycles. The largest absolute Gasteiger partial charge is 0.398 e. The van der Waals surface area contributed by atoms with Gasteiger partial charge in [-0.1, -0.05) is 0 Å². The SMILES string of the molecule is Cc1c(N)cc(C(=O)Nc2ccnn2C(C)C)cc1F. The standard InChI is InChI=1S/C14H17FN4O/c1-8(2)19-13(4-5-17-19)18-14(20)10-6-11(15)9(3)12(16)7-10/h4-8H,16H2,1-3H3,(H,18,20). The highest BCUT2D eigenvalue weighted by Crippen LogP contribution is 2.19. The lowest BCUT2D eigenvalue weighted by atomic mass is 10.1. The van der Waals surface area contributed by atoms with Gasteiger partial charge in [0.1, 0.15) is 11.6 Å². The Morgan fingerprint density at radius 1 is 1.45 bits per heavy atom. The van der Waals surface area contributed by atoms with Crippen molar-refractivity contribution in [3.63, 3.8) is 0 Å². The first-order chi connectivity index (χ1) is 9.40. The van der Waals surface area contributed by atoms with Crippen LogP contribution in [0.1, 0.15) is 35.8 Å². The Balaban J connectivity index is 2.26. The molecule has 0 spiro atoms. The first-order valence-electron chi connectivity index (χ1n) is 6.30. The maximum atomic E-state index is 13.6. The molecule has 0 atom stereocenters. The van der Waals surface area contributed by atoms with Crippen molar-refractivity contribution in [3.8, 4) is 0 Å². The summed E-state index contributed by atoms with van der Waals surface area (Å²) < 4.78 is 15.3. The molecule has 0 aliphatic heterocycles. The summed E-state index contributed by atoms with van der Waals surface area (Å²) in [5, 5.41) is 6.82. The Labute approximate surface area is 116 Å². The van der Waals surface area contributed by atoms with E-state index in [9.17, 15) is 9.18 Å². The van der Waals surface area contributed by atoms with Crippen LogP contribution >= 0.6 is 0 Å². The van der Waals surface area contributed by atoms with Crippen LogP contribution in [0.3, 0.4) is 0 Å². The molecule has 1 heterocycles. The van der Waals surface area contributed by atoms with Crippen LogP contribution in [-0.4, -0.2) is 15.7 Å². The number of hydrogen-bond donors (Lipinski definition) is 2. The van der Waals surface area contributed by atoms with Gasteiger partial charge in [-0.3, -0.25) is 4.79 Å². The van der Waals surface area contributed by atoms with E-state index in [0.717, 1.165) is 0 Å². The number of carbonyl (C=O) groups is 1. The smallest absolute Gasteiger partial charge is 0.256 e. The lowest BCUT2D eigenvalue weighted by Crippen LogP contribution is -2.17. The van der Waals surface area contributed by atoms with Crippen molar-refractivity contribution in [2.24, 2.45) is 0 Å². The van der Waals surface area contributed by atoms with E-state index in [-0.39, 0.29) is 17.3 Å². The summed E-state index contributed by atoms with van der Waals surface area (Å²) in [6.45, 7) is 5.47. The van der Waals surface area contributed by atoms with Gasteiger partial charge >= 0.3 is 0 Å². The van der Waals surface area contributed by atoms with Gasteiger partial charge in [0.15, 0.2) is 0 Å². The Morgan fingerprint density at radius 3 is 2.75 bits per heavy atom. The molecule has 20 heavy (non-hydrogen) atoms. The summed E-state index contributed by atoms with van der Waals surface area (Å²) in [5.74, 6) is -0.352. The second-order valence-corrected chi connectivity index (χ2v) is 4.88. The number of nitrogens with zero attached hydrogens (tertiary/aromatic N) is 2. The number of carbonyl (C=O) groups excluding carboxylic acids is 1. The highest BCUT2D eigenvalue weighted by Gasteiger charge is 2.14. The third-order valence-electron chi connectivity index (χ3n) is 3.05. The number of benzene rings is 1. The van der Waals surface area contributed by atoms with Gasteiger partial charge in [-0.15, -0.1) is 0 Å². The van der Waals surface area contributed by atoms with Crippen molar-refractivity contribution < 1.29 is 9.18 Å². The first-order valence-corrected chi connectivity index (χ1v) is 6.30. The molecule has 0 bridgehead atoms. The molecule has 0 saturated heterocycles. The summed E-state index contributed by atoms with van der Waals surface area (Å²) in [4.78, 5) is 12.1. The molecular weight excluding hydrogens is 259 g/mol. The average molecular weight is 276 g/mol. The number of aromatic nitrogens is 2. The number of nitrogens with one attached hydrogen (secondary N) is 1. The second kappa shape index (κ2) is 5.32. The summed E-state index contributed by atoms with van der Waals surface area (Å²) in [6, 6.07) is 4.44. The zero-order chi connectivity index (χ0) is 14.9. The summed E-state index contributed by atoms with van der Waals surface area (Å²) in [5.41, 5.74) is 6.45. The van der Waals surface area contributed by atoms with Crippen molar-refractivity contribution >= 4 is 17.4 Å². The first kappa shape index (κ1) is 14.0. The minimum Gasteiger partial charge on any atom is -0.398 e. The number of anilines is 2. The summed E-state index contributed by atoms with van der Waals surface area (Å²) in [7, 11) is 0. The normalized spacial score (nSPS) is 10.8. The molecular formula is C14H17FN4O. The lowest BCUT2D eigenvalue weighted by molar-refractivity contribution is 0.102. The average Bonchev–Trinajstić information content (AvgIpc) is 2.83. The molecule has 0 aliphatic rings. The van der Waals surface area contributed by atoms with E-state index in [4.69, 9.17) is 5.73 Å². The van der Waals surface area contributed by atoms with E-state index >= 15 is 0 Å². The van der Waals surface area contributed by atoms with Gasteiger partial charge in [0.05, 0.1) is 6.20 Å². The van der Waals surface area contributed by atoms with Crippen molar-refractivity contribution in [1.82, 2.24) is 9.78 Å². The zero-order valence-electron chi connectivity index (χ0n) is 11.6. The maximum absolute atomic E-state index is 13.6. The third-order valence-corrected chi connectivity index (χ3v) is 3.05. The van der Waals surface area contributed by atoms with Crippen LogP contribution in [0.2, 0.25) is 0 Å². The number of nitrogen functional groups attached to an aromatic ring is 1. The molecule has 0 saturated carbocycles. The van der Waals surface area contributed by atoms with Crippen LogP contribution in [0.4, 0.5) is 15.9 Å². The van der Waals surface area contributed by atoms with Crippen molar-refractivity contribution in [2.45, 2.75) is 26.8 Å². The third kappa shape index (κ3) is 2.64. The van der Waals surface area contributed by atoms with E-state index < -0.39 is 11.7 Å². The van der Waals surface area contributed by atoms with Crippen LogP contribution in [0.15, 0.2) is 24.4 Å². The molecule has 2 aromatic rings. The monoisotopic (exact) mass is 276 g/mol.